The monoisotopic (exact) mass is 389 g/mol. The molecule has 6 heteroatoms. The Morgan fingerprint density at radius 1 is 1.25 bits per heavy atom. The minimum absolute atomic E-state index is 0.00472. The number of guanidine groups is 1. The van der Waals surface area contributed by atoms with Crippen LogP contribution >= 0.6 is 0 Å². The van der Waals surface area contributed by atoms with Gasteiger partial charge >= 0.3 is 0 Å². The molecule has 3 rings (SSSR count). The lowest BCUT2D eigenvalue weighted by Crippen LogP contribution is -2.46. The molecule has 0 spiro atoms. The number of hydrogen-bond donors (Lipinski definition) is 3. The summed E-state index contributed by atoms with van der Waals surface area (Å²) in [6, 6.07) is 8.68. The van der Waals surface area contributed by atoms with E-state index in [1.165, 1.54) is 11.1 Å². The van der Waals surface area contributed by atoms with Gasteiger partial charge in [0.1, 0.15) is 0 Å². The summed E-state index contributed by atoms with van der Waals surface area (Å²) >= 11 is 0. The number of aryl methyl sites for hydroxylation is 1. The summed E-state index contributed by atoms with van der Waals surface area (Å²) in [6.45, 7) is 6.17. The van der Waals surface area contributed by atoms with Gasteiger partial charge < -0.3 is 25.2 Å². The van der Waals surface area contributed by atoms with Gasteiger partial charge in [-0.2, -0.15) is 0 Å². The van der Waals surface area contributed by atoms with Crippen molar-refractivity contribution >= 4 is 5.96 Å². The van der Waals surface area contributed by atoms with Gasteiger partial charge in [0.25, 0.3) is 0 Å². The SMILES string of the molecule is CN=C(NCC1CCCOC1c1ccc(C)cc1)NCC1(CCO)CCOC1. The number of benzene rings is 1. The quantitative estimate of drug-likeness (QED) is 0.493. The molecule has 3 unspecified atom stereocenters. The first-order valence-electron chi connectivity index (χ1n) is 10.5. The fraction of sp³-hybridized carbons (Fsp3) is 0.682. The maximum Gasteiger partial charge on any atom is 0.191 e. The standard InChI is InChI=1S/C22H35N3O3/c1-17-5-7-18(8-6-17)20-19(4-3-12-28-20)14-24-21(23-2)25-15-22(9-11-26)10-13-27-16-22/h5-8,19-20,26H,3-4,9-16H2,1-2H3,(H2,23,24,25). The Balaban J connectivity index is 1.55. The molecular weight excluding hydrogens is 354 g/mol. The Morgan fingerprint density at radius 3 is 2.75 bits per heavy atom. The zero-order valence-electron chi connectivity index (χ0n) is 17.2. The third kappa shape index (κ3) is 5.46. The molecule has 6 nitrogen and oxygen atoms in total. The molecule has 2 saturated heterocycles. The number of hydrogen-bond acceptors (Lipinski definition) is 4. The Labute approximate surface area is 168 Å². The Bertz CT molecular complexity index is 626. The molecule has 0 aromatic heterocycles. The van der Waals surface area contributed by atoms with Gasteiger partial charge in [0.05, 0.1) is 12.7 Å². The average Bonchev–Trinajstić information content (AvgIpc) is 3.18. The van der Waals surface area contributed by atoms with E-state index < -0.39 is 0 Å². The van der Waals surface area contributed by atoms with Crippen molar-refractivity contribution in [2.75, 3.05) is 46.6 Å². The number of nitrogens with one attached hydrogen (secondary N) is 2. The lowest BCUT2D eigenvalue weighted by Gasteiger charge is -2.33. The van der Waals surface area contributed by atoms with Gasteiger partial charge in [-0.1, -0.05) is 29.8 Å². The van der Waals surface area contributed by atoms with Crippen LogP contribution in [-0.2, 0) is 9.47 Å². The third-order valence-corrected chi connectivity index (χ3v) is 6.06. The average molecular weight is 390 g/mol. The summed E-state index contributed by atoms with van der Waals surface area (Å²) in [4.78, 5) is 4.38. The normalized spacial score (nSPS) is 28.3. The van der Waals surface area contributed by atoms with Crippen molar-refractivity contribution in [2.45, 2.75) is 38.7 Å². The van der Waals surface area contributed by atoms with Gasteiger partial charge in [-0.15, -0.1) is 0 Å². The van der Waals surface area contributed by atoms with Crippen LogP contribution in [0.1, 0.15) is 42.9 Å². The van der Waals surface area contributed by atoms with E-state index in [1.54, 1.807) is 7.05 Å². The molecule has 28 heavy (non-hydrogen) atoms. The number of ether oxygens (including phenoxy) is 2. The van der Waals surface area contributed by atoms with Crippen molar-refractivity contribution < 1.29 is 14.6 Å². The maximum absolute atomic E-state index is 9.40. The summed E-state index contributed by atoms with van der Waals surface area (Å²) in [7, 11) is 1.80. The molecule has 0 radical (unpaired) electrons. The second-order valence-corrected chi connectivity index (χ2v) is 8.19. The molecule has 2 heterocycles. The molecule has 2 aliphatic rings. The molecule has 1 aromatic rings. The number of aliphatic hydroxyl groups excluding tert-OH is 1. The first-order valence-corrected chi connectivity index (χ1v) is 10.5. The molecule has 3 N–H and O–H groups in total. The lowest BCUT2D eigenvalue weighted by atomic mass is 9.84. The fourth-order valence-electron chi connectivity index (χ4n) is 4.21. The van der Waals surface area contributed by atoms with Crippen LogP contribution in [-0.4, -0.2) is 57.6 Å². The van der Waals surface area contributed by atoms with Gasteiger partial charge in [0.15, 0.2) is 5.96 Å². The molecule has 0 bridgehead atoms. The molecule has 2 aliphatic heterocycles. The Hall–Kier alpha value is -1.63. The number of rotatable bonds is 7. The molecule has 0 amide bonds. The highest BCUT2D eigenvalue weighted by atomic mass is 16.5. The molecule has 0 saturated carbocycles. The summed E-state index contributed by atoms with van der Waals surface area (Å²) in [5, 5.41) is 16.3. The van der Waals surface area contributed by atoms with E-state index in [-0.39, 0.29) is 18.1 Å². The van der Waals surface area contributed by atoms with Crippen molar-refractivity contribution in [1.82, 2.24) is 10.6 Å². The van der Waals surface area contributed by atoms with E-state index >= 15 is 0 Å². The van der Waals surface area contributed by atoms with E-state index in [9.17, 15) is 5.11 Å². The first kappa shape index (κ1) is 21.1. The van der Waals surface area contributed by atoms with Gasteiger partial charge in [-0.3, -0.25) is 4.99 Å². The second-order valence-electron chi connectivity index (χ2n) is 8.19. The van der Waals surface area contributed by atoms with Gasteiger partial charge in [0, 0.05) is 51.3 Å². The maximum atomic E-state index is 9.40. The molecule has 1 aromatic carbocycles. The Morgan fingerprint density at radius 2 is 2.07 bits per heavy atom. The lowest BCUT2D eigenvalue weighted by molar-refractivity contribution is -0.0265. The highest BCUT2D eigenvalue weighted by molar-refractivity contribution is 5.79. The molecule has 0 aliphatic carbocycles. The zero-order valence-corrected chi connectivity index (χ0v) is 17.2. The number of nitrogens with zero attached hydrogens (tertiary/aromatic N) is 1. The number of aliphatic imine (C=N–C) groups is 1. The predicted molar refractivity (Wildman–Crippen MR) is 112 cm³/mol. The first-order chi connectivity index (χ1) is 13.7. The van der Waals surface area contributed by atoms with Crippen LogP contribution in [0.4, 0.5) is 0 Å². The van der Waals surface area contributed by atoms with Crippen LogP contribution in [0.5, 0.6) is 0 Å². The highest BCUT2D eigenvalue weighted by Gasteiger charge is 2.34. The van der Waals surface area contributed by atoms with Crippen LogP contribution < -0.4 is 10.6 Å². The van der Waals surface area contributed by atoms with Gasteiger partial charge in [0.2, 0.25) is 0 Å². The van der Waals surface area contributed by atoms with E-state index in [2.05, 4.69) is 46.8 Å². The summed E-state index contributed by atoms with van der Waals surface area (Å²) in [5.74, 6) is 1.22. The molecule has 2 fully saturated rings. The molecular formula is C22H35N3O3. The minimum Gasteiger partial charge on any atom is -0.396 e. The van der Waals surface area contributed by atoms with Gasteiger partial charge in [-0.05, 0) is 38.2 Å². The second kappa shape index (κ2) is 10.2. The zero-order chi connectivity index (χ0) is 19.8. The van der Waals surface area contributed by atoms with Crippen molar-refractivity contribution in [1.29, 1.82) is 0 Å². The van der Waals surface area contributed by atoms with E-state index in [0.717, 1.165) is 57.9 Å². The predicted octanol–water partition coefficient (Wildman–Crippen LogP) is 2.42. The number of aliphatic hydroxyl groups is 1. The fourth-order valence-corrected chi connectivity index (χ4v) is 4.21. The summed E-state index contributed by atoms with van der Waals surface area (Å²) in [5.41, 5.74) is 2.53. The van der Waals surface area contributed by atoms with Crippen LogP contribution in [0.2, 0.25) is 0 Å². The van der Waals surface area contributed by atoms with Gasteiger partial charge in [-0.25, -0.2) is 0 Å². The topological polar surface area (TPSA) is 75.1 Å². The van der Waals surface area contributed by atoms with E-state index in [1.807, 2.05) is 0 Å². The largest absolute Gasteiger partial charge is 0.396 e. The van der Waals surface area contributed by atoms with Crippen LogP contribution in [0.3, 0.4) is 0 Å². The highest BCUT2D eigenvalue weighted by Crippen LogP contribution is 2.33. The summed E-state index contributed by atoms with van der Waals surface area (Å²) < 4.78 is 11.7. The van der Waals surface area contributed by atoms with Crippen LogP contribution in [0.25, 0.3) is 0 Å². The third-order valence-electron chi connectivity index (χ3n) is 6.06. The van der Waals surface area contributed by atoms with E-state index in [4.69, 9.17) is 9.47 Å². The molecule has 156 valence electrons. The molecule has 3 atom stereocenters. The smallest absolute Gasteiger partial charge is 0.191 e. The minimum atomic E-state index is 0.00472. The Kier molecular flexibility index (Phi) is 7.71. The van der Waals surface area contributed by atoms with Crippen LogP contribution in [0.15, 0.2) is 29.3 Å². The van der Waals surface area contributed by atoms with Crippen molar-refractivity contribution in [3.63, 3.8) is 0 Å². The van der Waals surface area contributed by atoms with Crippen molar-refractivity contribution in [2.24, 2.45) is 16.3 Å². The van der Waals surface area contributed by atoms with Crippen LogP contribution in [0, 0.1) is 18.3 Å². The van der Waals surface area contributed by atoms with Crippen molar-refractivity contribution in [3.05, 3.63) is 35.4 Å². The summed E-state index contributed by atoms with van der Waals surface area (Å²) in [6.07, 6.45) is 4.10. The van der Waals surface area contributed by atoms with E-state index in [0.29, 0.717) is 12.5 Å². The van der Waals surface area contributed by atoms with Crippen molar-refractivity contribution in [3.8, 4) is 0 Å².